The van der Waals surface area contributed by atoms with E-state index in [2.05, 4.69) is 20.3 Å². The van der Waals surface area contributed by atoms with E-state index in [9.17, 15) is 0 Å². The van der Waals surface area contributed by atoms with Gasteiger partial charge in [0.15, 0.2) is 0 Å². The molecule has 1 aromatic heterocycles. The fraction of sp³-hybridized carbons (Fsp3) is 0.769. The minimum absolute atomic E-state index is 0.0240. The lowest BCUT2D eigenvalue weighted by Gasteiger charge is -2.15. The van der Waals surface area contributed by atoms with Crippen molar-refractivity contribution in [1.29, 1.82) is 0 Å². The van der Waals surface area contributed by atoms with E-state index in [1.165, 1.54) is 25.7 Å². The van der Waals surface area contributed by atoms with E-state index >= 15 is 0 Å². The second-order valence-electron chi connectivity index (χ2n) is 5.96. The van der Waals surface area contributed by atoms with Crippen molar-refractivity contribution in [3.05, 3.63) is 0 Å². The van der Waals surface area contributed by atoms with Gasteiger partial charge >= 0.3 is 6.01 Å². The Hall–Kier alpha value is -1.59. The Bertz CT molecular complexity index is 468. The van der Waals surface area contributed by atoms with E-state index in [1.54, 1.807) is 0 Å². The summed E-state index contributed by atoms with van der Waals surface area (Å²) in [5.74, 6) is 1.63. The summed E-state index contributed by atoms with van der Waals surface area (Å²) in [6, 6.07) is 0.293. The molecule has 19 heavy (non-hydrogen) atoms. The van der Waals surface area contributed by atoms with Gasteiger partial charge in [-0.2, -0.15) is 15.0 Å². The van der Waals surface area contributed by atoms with Crippen molar-refractivity contribution in [2.24, 2.45) is 11.3 Å². The zero-order valence-electron chi connectivity index (χ0n) is 11.5. The van der Waals surface area contributed by atoms with Crippen LogP contribution in [0.5, 0.6) is 6.01 Å². The number of nitrogens with two attached hydrogens (primary N) is 1. The Labute approximate surface area is 113 Å². The molecular weight excluding hydrogens is 242 g/mol. The third-order valence-electron chi connectivity index (χ3n) is 3.91. The predicted octanol–water partition coefficient (Wildman–Crippen LogP) is 1.84. The normalized spacial score (nSPS) is 20.4. The van der Waals surface area contributed by atoms with Gasteiger partial charge in [-0.1, -0.05) is 0 Å². The number of nitrogen functional groups attached to an aromatic ring is 1. The number of nitrogens with one attached hydrogen (secondary N) is 1. The first-order valence-electron chi connectivity index (χ1n) is 6.99. The Balaban J connectivity index is 1.65. The molecule has 2 saturated carbocycles. The van der Waals surface area contributed by atoms with Gasteiger partial charge in [-0.05, 0) is 50.9 Å². The maximum atomic E-state index is 5.68. The molecule has 0 aliphatic heterocycles. The molecule has 104 valence electrons. The van der Waals surface area contributed by atoms with Crippen molar-refractivity contribution >= 4 is 11.9 Å². The molecule has 2 fully saturated rings. The molecule has 0 aromatic carbocycles. The molecule has 0 bridgehead atoms. The Morgan fingerprint density at radius 1 is 1.32 bits per heavy atom. The van der Waals surface area contributed by atoms with Gasteiger partial charge in [0.05, 0.1) is 6.10 Å². The molecule has 2 aliphatic rings. The van der Waals surface area contributed by atoms with Crippen LogP contribution in [0.1, 0.15) is 39.5 Å². The highest BCUT2D eigenvalue weighted by atomic mass is 16.5. The van der Waals surface area contributed by atoms with Gasteiger partial charge in [0, 0.05) is 6.54 Å². The number of rotatable bonds is 6. The van der Waals surface area contributed by atoms with E-state index in [0.29, 0.717) is 17.4 Å². The van der Waals surface area contributed by atoms with Gasteiger partial charge in [-0.3, -0.25) is 0 Å². The fourth-order valence-corrected chi connectivity index (χ4v) is 2.56. The fourth-order valence-electron chi connectivity index (χ4n) is 2.56. The second kappa shape index (κ2) is 4.51. The van der Waals surface area contributed by atoms with E-state index < -0.39 is 0 Å². The van der Waals surface area contributed by atoms with Gasteiger partial charge in [-0.15, -0.1) is 0 Å². The molecule has 0 unspecified atom stereocenters. The summed E-state index contributed by atoms with van der Waals surface area (Å²) < 4.78 is 5.46. The molecule has 0 amide bonds. The first-order valence-corrected chi connectivity index (χ1v) is 6.99. The molecule has 0 saturated heterocycles. The molecule has 0 atom stereocenters. The van der Waals surface area contributed by atoms with Crippen LogP contribution in [0.2, 0.25) is 0 Å². The molecule has 3 N–H and O–H groups in total. The second-order valence-corrected chi connectivity index (χ2v) is 5.96. The van der Waals surface area contributed by atoms with Crippen LogP contribution in [0.3, 0.4) is 0 Å². The molecule has 0 radical (unpaired) electrons. The average molecular weight is 263 g/mol. The first-order chi connectivity index (χ1) is 9.07. The quantitative estimate of drug-likeness (QED) is 0.814. The number of hydrogen-bond donors (Lipinski definition) is 2. The van der Waals surface area contributed by atoms with Crippen LogP contribution in [0.4, 0.5) is 11.9 Å². The zero-order valence-corrected chi connectivity index (χ0v) is 11.5. The monoisotopic (exact) mass is 263 g/mol. The van der Waals surface area contributed by atoms with E-state index in [4.69, 9.17) is 10.5 Å². The number of hydrogen-bond acceptors (Lipinski definition) is 6. The van der Waals surface area contributed by atoms with Gasteiger partial charge in [0.1, 0.15) is 0 Å². The van der Waals surface area contributed by atoms with Crippen molar-refractivity contribution in [2.45, 2.75) is 45.6 Å². The molecule has 1 aromatic rings. The minimum Gasteiger partial charge on any atom is -0.461 e. The smallest absolute Gasteiger partial charge is 0.323 e. The standard InChI is InChI=1S/C13H21N5O/c1-8(2)19-12-17-10(14)16-11(18-12)15-7-13(5-6-13)9-3-4-9/h8-9H,3-7H2,1-2H3,(H3,14,15,16,17,18). The number of aromatic nitrogens is 3. The van der Waals surface area contributed by atoms with Crippen LogP contribution in [0.15, 0.2) is 0 Å². The van der Waals surface area contributed by atoms with Gasteiger partial charge in [-0.25, -0.2) is 0 Å². The molecular formula is C13H21N5O. The lowest BCUT2D eigenvalue weighted by atomic mass is 10.0. The summed E-state index contributed by atoms with van der Waals surface area (Å²) >= 11 is 0. The summed E-state index contributed by atoms with van der Waals surface area (Å²) in [7, 11) is 0. The summed E-state index contributed by atoms with van der Waals surface area (Å²) in [4.78, 5) is 12.3. The highest BCUT2D eigenvalue weighted by molar-refractivity contribution is 5.33. The third-order valence-corrected chi connectivity index (χ3v) is 3.91. The lowest BCUT2D eigenvalue weighted by Crippen LogP contribution is -2.20. The molecule has 6 nitrogen and oxygen atoms in total. The van der Waals surface area contributed by atoms with Gasteiger partial charge in [0.2, 0.25) is 11.9 Å². The van der Waals surface area contributed by atoms with E-state index in [0.717, 1.165) is 12.5 Å². The van der Waals surface area contributed by atoms with Crippen molar-refractivity contribution in [3.8, 4) is 6.01 Å². The van der Waals surface area contributed by atoms with E-state index in [1.807, 2.05) is 13.8 Å². The highest BCUT2D eigenvalue weighted by Crippen LogP contribution is 2.61. The van der Waals surface area contributed by atoms with Crippen LogP contribution in [0, 0.1) is 11.3 Å². The van der Waals surface area contributed by atoms with Gasteiger partial charge < -0.3 is 15.8 Å². The third kappa shape index (κ3) is 2.88. The molecule has 6 heteroatoms. The molecule has 2 aliphatic carbocycles. The Morgan fingerprint density at radius 2 is 2.05 bits per heavy atom. The zero-order chi connectivity index (χ0) is 13.5. The van der Waals surface area contributed by atoms with Crippen LogP contribution in [-0.4, -0.2) is 27.6 Å². The summed E-state index contributed by atoms with van der Waals surface area (Å²) in [6.45, 7) is 4.79. The van der Waals surface area contributed by atoms with E-state index in [-0.39, 0.29) is 12.1 Å². The first kappa shape index (κ1) is 12.4. The average Bonchev–Trinajstić information content (AvgIpc) is 3.18. The number of ether oxygens (including phenoxy) is 1. The lowest BCUT2D eigenvalue weighted by molar-refractivity contribution is 0.222. The Morgan fingerprint density at radius 3 is 2.63 bits per heavy atom. The molecule has 1 heterocycles. The maximum Gasteiger partial charge on any atom is 0.323 e. The van der Waals surface area contributed by atoms with Crippen LogP contribution < -0.4 is 15.8 Å². The van der Waals surface area contributed by atoms with Gasteiger partial charge in [0.25, 0.3) is 0 Å². The van der Waals surface area contributed by atoms with Crippen LogP contribution in [0.25, 0.3) is 0 Å². The number of nitrogens with zero attached hydrogens (tertiary/aromatic N) is 3. The summed E-state index contributed by atoms with van der Waals surface area (Å²) in [6.07, 6.45) is 5.42. The van der Waals surface area contributed by atoms with Crippen LogP contribution >= 0.6 is 0 Å². The minimum atomic E-state index is 0.0240. The highest BCUT2D eigenvalue weighted by Gasteiger charge is 2.53. The molecule has 3 rings (SSSR count). The maximum absolute atomic E-state index is 5.68. The van der Waals surface area contributed by atoms with Crippen molar-refractivity contribution in [2.75, 3.05) is 17.6 Å². The molecule has 0 spiro atoms. The van der Waals surface area contributed by atoms with Crippen LogP contribution in [-0.2, 0) is 0 Å². The topological polar surface area (TPSA) is 86.0 Å². The number of anilines is 2. The summed E-state index contributed by atoms with van der Waals surface area (Å²) in [5.41, 5.74) is 6.18. The van der Waals surface area contributed by atoms with Crippen molar-refractivity contribution in [1.82, 2.24) is 15.0 Å². The van der Waals surface area contributed by atoms with Crippen molar-refractivity contribution < 1.29 is 4.74 Å². The Kier molecular flexibility index (Phi) is 2.95. The predicted molar refractivity (Wildman–Crippen MR) is 72.9 cm³/mol. The van der Waals surface area contributed by atoms with Crippen molar-refractivity contribution in [3.63, 3.8) is 0 Å². The summed E-state index contributed by atoms with van der Waals surface area (Å²) in [5, 5.41) is 3.30. The largest absolute Gasteiger partial charge is 0.461 e. The SMILES string of the molecule is CC(C)Oc1nc(N)nc(NCC2(C3CC3)CC2)n1.